The number of carbonyl (C=O) groups excluding carboxylic acids is 1. The molecule has 0 spiro atoms. The molecule has 94 valence electrons. The van der Waals surface area contributed by atoms with Crippen LogP contribution >= 0.6 is 15.9 Å². The van der Waals surface area contributed by atoms with Crippen molar-refractivity contribution in [2.24, 2.45) is 0 Å². The first-order valence-corrected chi connectivity index (χ1v) is 6.24. The molecular weight excluding hydrogens is 296 g/mol. The number of pyridine rings is 1. The average Bonchev–Trinajstić information content (AvgIpc) is 2.66. The molecule has 0 aromatic carbocycles. The highest BCUT2D eigenvalue weighted by Crippen LogP contribution is 2.22. The fourth-order valence-corrected chi connectivity index (χ4v) is 1.93. The summed E-state index contributed by atoms with van der Waals surface area (Å²) in [6.07, 6.45) is 1.60. The van der Waals surface area contributed by atoms with Gasteiger partial charge in [-0.15, -0.1) is 0 Å². The van der Waals surface area contributed by atoms with Gasteiger partial charge in [0, 0.05) is 13.2 Å². The van der Waals surface area contributed by atoms with Gasteiger partial charge in [-0.25, -0.2) is 4.68 Å². The van der Waals surface area contributed by atoms with Gasteiger partial charge in [0.15, 0.2) is 0 Å². The Balaban J connectivity index is 2.51. The van der Waals surface area contributed by atoms with Gasteiger partial charge in [0.2, 0.25) is 0 Å². The minimum atomic E-state index is -0.211. The Kier molecular flexibility index (Phi) is 3.47. The van der Waals surface area contributed by atoms with Gasteiger partial charge < -0.3 is 5.32 Å². The van der Waals surface area contributed by atoms with Crippen LogP contribution in [0.15, 0.2) is 22.8 Å². The minimum absolute atomic E-state index is 0.211. The van der Waals surface area contributed by atoms with E-state index in [1.54, 1.807) is 24.0 Å². The van der Waals surface area contributed by atoms with E-state index >= 15 is 0 Å². The molecule has 0 atom stereocenters. The summed E-state index contributed by atoms with van der Waals surface area (Å²) in [7, 11) is 1.58. The smallest absolute Gasteiger partial charge is 0.269 e. The van der Waals surface area contributed by atoms with E-state index in [-0.39, 0.29) is 5.91 Å². The number of halogens is 1. The Morgan fingerprint density at radius 3 is 2.72 bits per heavy atom. The van der Waals surface area contributed by atoms with Gasteiger partial charge in [0.05, 0.1) is 21.5 Å². The van der Waals surface area contributed by atoms with Crippen LogP contribution in [0.2, 0.25) is 0 Å². The van der Waals surface area contributed by atoms with E-state index in [0.29, 0.717) is 5.69 Å². The van der Waals surface area contributed by atoms with Crippen LogP contribution in [0.4, 0.5) is 0 Å². The lowest BCUT2D eigenvalue weighted by Crippen LogP contribution is -2.19. The fourth-order valence-electron chi connectivity index (χ4n) is 1.68. The van der Waals surface area contributed by atoms with Gasteiger partial charge >= 0.3 is 0 Å². The highest BCUT2D eigenvalue weighted by molar-refractivity contribution is 9.10. The lowest BCUT2D eigenvalue weighted by molar-refractivity contribution is 0.0958. The zero-order valence-corrected chi connectivity index (χ0v) is 11.9. The molecule has 5 nitrogen and oxygen atoms in total. The number of nitrogens with one attached hydrogen (secondary N) is 1. The Labute approximate surface area is 113 Å². The summed E-state index contributed by atoms with van der Waals surface area (Å²) >= 11 is 3.48. The molecular formula is C12H13BrN4O. The maximum atomic E-state index is 11.5. The van der Waals surface area contributed by atoms with Gasteiger partial charge in [0.1, 0.15) is 5.69 Å². The van der Waals surface area contributed by atoms with Gasteiger partial charge in [0.25, 0.3) is 5.91 Å². The van der Waals surface area contributed by atoms with E-state index in [1.165, 1.54) is 0 Å². The van der Waals surface area contributed by atoms with E-state index in [4.69, 9.17) is 0 Å². The molecule has 2 rings (SSSR count). The molecule has 0 saturated carbocycles. The van der Waals surface area contributed by atoms with Crippen LogP contribution in [0.1, 0.15) is 21.9 Å². The Morgan fingerprint density at radius 2 is 2.17 bits per heavy atom. The van der Waals surface area contributed by atoms with Crippen LogP contribution in [-0.4, -0.2) is 27.7 Å². The van der Waals surface area contributed by atoms with E-state index in [1.807, 2.05) is 19.9 Å². The van der Waals surface area contributed by atoms with Crippen molar-refractivity contribution in [3.05, 3.63) is 39.9 Å². The predicted octanol–water partition coefficient (Wildman–Crippen LogP) is 2.01. The third-order valence-corrected chi connectivity index (χ3v) is 3.80. The predicted molar refractivity (Wildman–Crippen MR) is 71.9 cm³/mol. The Morgan fingerprint density at radius 1 is 1.44 bits per heavy atom. The van der Waals surface area contributed by atoms with Crippen molar-refractivity contribution in [2.75, 3.05) is 7.05 Å². The molecule has 0 radical (unpaired) electrons. The lowest BCUT2D eigenvalue weighted by atomic mass is 10.3. The summed E-state index contributed by atoms with van der Waals surface area (Å²) in [5, 5.41) is 6.97. The number of nitrogens with zero attached hydrogens (tertiary/aromatic N) is 3. The molecule has 18 heavy (non-hydrogen) atoms. The first kappa shape index (κ1) is 12.8. The fraction of sp³-hybridized carbons (Fsp3) is 0.250. The highest BCUT2D eigenvalue weighted by Gasteiger charge is 2.12. The number of hydrogen-bond donors (Lipinski definition) is 1. The van der Waals surface area contributed by atoms with Crippen molar-refractivity contribution in [3.8, 4) is 5.69 Å². The van der Waals surface area contributed by atoms with E-state index in [0.717, 1.165) is 21.5 Å². The molecule has 6 heteroatoms. The van der Waals surface area contributed by atoms with Crippen molar-refractivity contribution in [1.82, 2.24) is 20.1 Å². The summed E-state index contributed by atoms with van der Waals surface area (Å²) in [6, 6.07) is 3.53. The zero-order chi connectivity index (χ0) is 13.3. The van der Waals surface area contributed by atoms with Gasteiger partial charge in [-0.2, -0.15) is 5.10 Å². The van der Waals surface area contributed by atoms with Crippen LogP contribution < -0.4 is 5.32 Å². The third-order valence-electron chi connectivity index (χ3n) is 2.65. The summed E-state index contributed by atoms with van der Waals surface area (Å²) in [4.78, 5) is 15.6. The van der Waals surface area contributed by atoms with Gasteiger partial charge in [-0.1, -0.05) is 0 Å². The van der Waals surface area contributed by atoms with Crippen molar-refractivity contribution >= 4 is 21.8 Å². The van der Waals surface area contributed by atoms with Crippen LogP contribution in [-0.2, 0) is 0 Å². The van der Waals surface area contributed by atoms with E-state index in [9.17, 15) is 4.79 Å². The van der Waals surface area contributed by atoms with Gasteiger partial charge in [-0.05, 0) is 41.9 Å². The monoisotopic (exact) mass is 308 g/mol. The number of rotatable bonds is 2. The molecule has 0 bridgehead atoms. The molecule has 0 aliphatic carbocycles. The molecule has 1 N–H and O–H groups in total. The summed E-state index contributed by atoms with van der Waals surface area (Å²) in [5.74, 6) is -0.211. The molecule has 2 aromatic heterocycles. The lowest BCUT2D eigenvalue weighted by Gasteiger charge is -2.06. The van der Waals surface area contributed by atoms with Crippen molar-refractivity contribution < 1.29 is 4.79 Å². The topological polar surface area (TPSA) is 59.8 Å². The second-order valence-corrected chi connectivity index (χ2v) is 4.67. The van der Waals surface area contributed by atoms with Crippen LogP contribution in [0.3, 0.4) is 0 Å². The molecule has 1 amide bonds. The molecule has 0 saturated heterocycles. The summed E-state index contributed by atoms with van der Waals surface area (Å²) in [5.41, 5.74) is 3.08. The third kappa shape index (κ3) is 2.15. The van der Waals surface area contributed by atoms with Crippen LogP contribution in [0.5, 0.6) is 0 Å². The van der Waals surface area contributed by atoms with E-state index < -0.39 is 0 Å². The molecule has 2 aromatic rings. The second kappa shape index (κ2) is 4.89. The quantitative estimate of drug-likeness (QED) is 0.923. The average molecular weight is 309 g/mol. The number of amides is 1. The maximum absolute atomic E-state index is 11.5. The summed E-state index contributed by atoms with van der Waals surface area (Å²) < 4.78 is 2.76. The Hall–Kier alpha value is -1.69. The van der Waals surface area contributed by atoms with Crippen molar-refractivity contribution in [1.29, 1.82) is 0 Å². The number of carbonyl (C=O) groups is 1. The maximum Gasteiger partial charge on any atom is 0.269 e. The van der Waals surface area contributed by atoms with Crippen LogP contribution in [0, 0.1) is 13.8 Å². The minimum Gasteiger partial charge on any atom is -0.354 e. The SMILES string of the molecule is CNC(=O)c1cc(-n2nc(C)c(Br)c2C)ccn1. The van der Waals surface area contributed by atoms with Crippen molar-refractivity contribution in [2.45, 2.75) is 13.8 Å². The standard InChI is InChI=1S/C12H13BrN4O/c1-7-11(13)8(2)17(16-7)9-4-5-15-10(6-9)12(18)14-3/h4-6H,1-3H3,(H,14,18). The Bertz CT molecular complexity index is 606. The highest BCUT2D eigenvalue weighted by atomic mass is 79.9. The largest absolute Gasteiger partial charge is 0.354 e. The summed E-state index contributed by atoms with van der Waals surface area (Å²) in [6.45, 7) is 3.89. The van der Waals surface area contributed by atoms with Crippen LogP contribution in [0.25, 0.3) is 5.69 Å². The van der Waals surface area contributed by atoms with Gasteiger partial charge in [-0.3, -0.25) is 9.78 Å². The molecule has 0 aliphatic rings. The number of aromatic nitrogens is 3. The first-order valence-electron chi connectivity index (χ1n) is 5.45. The van der Waals surface area contributed by atoms with Crippen molar-refractivity contribution in [3.63, 3.8) is 0 Å². The number of aryl methyl sites for hydroxylation is 1. The number of hydrogen-bond acceptors (Lipinski definition) is 3. The molecule has 2 heterocycles. The van der Waals surface area contributed by atoms with E-state index in [2.05, 4.69) is 31.3 Å². The molecule has 0 fully saturated rings. The normalized spacial score (nSPS) is 10.4. The second-order valence-electron chi connectivity index (χ2n) is 3.88. The molecule has 0 unspecified atom stereocenters. The first-order chi connectivity index (χ1) is 8.54. The zero-order valence-electron chi connectivity index (χ0n) is 10.4. The molecule has 0 aliphatic heterocycles.